The molecule has 6 heteroatoms. The first-order valence-corrected chi connectivity index (χ1v) is 6.45. The Morgan fingerprint density at radius 2 is 2.32 bits per heavy atom. The summed E-state index contributed by atoms with van der Waals surface area (Å²) in [4.78, 5) is 14.6. The summed E-state index contributed by atoms with van der Waals surface area (Å²) in [6.07, 6.45) is 3.54. The van der Waals surface area contributed by atoms with Crippen molar-refractivity contribution in [3.05, 3.63) is 28.3 Å². The van der Waals surface area contributed by atoms with Gasteiger partial charge in [-0.2, -0.15) is 4.98 Å². The Balaban J connectivity index is 1.87. The van der Waals surface area contributed by atoms with Crippen molar-refractivity contribution < 1.29 is 9.34 Å². The van der Waals surface area contributed by atoms with Gasteiger partial charge in [0.05, 0.1) is 11.0 Å². The van der Waals surface area contributed by atoms with Gasteiger partial charge in [0.15, 0.2) is 5.58 Å². The summed E-state index contributed by atoms with van der Waals surface area (Å²) < 4.78 is 5.54. The van der Waals surface area contributed by atoms with Crippen LogP contribution in [0.5, 0.6) is 0 Å². The first kappa shape index (κ1) is 12.0. The fourth-order valence-electron chi connectivity index (χ4n) is 2.61. The number of nitro benzene ring substituents is 1. The van der Waals surface area contributed by atoms with Crippen LogP contribution >= 0.6 is 0 Å². The van der Waals surface area contributed by atoms with Gasteiger partial charge in [-0.05, 0) is 24.8 Å². The van der Waals surface area contributed by atoms with Crippen LogP contribution in [0.3, 0.4) is 0 Å². The molecule has 2 aromatic rings. The molecule has 6 nitrogen and oxygen atoms in total. The normalized spacial score (nSPS) is 22.8. The lowest BCUT2D eigenvalue weighted by atomic mass is 10.1. The molecule has 1 aromatic carbocycles. The number of nitro groups is 1. The molecule has 1 aliphatic rings. The summed E-state index contributed by atoms with van der Waals surface area (Å²) in [6.45, 7) is 2.21. The first-order chi connectivity index (χ1) is 9.13. The zero-order valence-electron chi connectivity index (χ0n) is 10.6. The van der Waals surface area contributed by atoms with Crippen LogP contribution in [-0.2, 0) is 0 Å². The van der Waals surface area contributed by atoms with Crippen LogP contribution in [-0.4, -0.2) is 15.9 Å². The smallest absolute Gasteiger partial charge is 0.295 e. The lowest BCUT2D eigenvalue weighted by molar-refractivity contribution is -0.384. The second kappa shape index (κ2) is 4.53. The van der Waals surface area contributed by atoms with Gasteiger partial charge in [-0.3, -0.25) is 10.1 Å². The Kier molecular flexibility index (Phi) is 2.85. The molecule has 0 spiro atoms. The molecule has 19 heavy (non-hydrogen) atoms. The third-order valence-corrected chi connectivity index (χ3v) is 3.75. The minimum absolute atomic E-state index is 0.0180. The molecular weight excluding hydrogens is 246 g/mol. The van der Waals surface area contributed by atoms with Gasteiger partial charge < -0.3 is 9.73 Å². The van der Waals surface area contributed by atoms with Crippen LogP contribution < -0.4 is 5.32 Å². The summed E-state index contributed by atoms with van der Waals surface area (Å²) in [7, 11) is 0. The third kappa shape index (κ3) is 2.25. The summed E-state index contributed by atoms with van der Waals surface area (Å²) in [6, 6.07) is 5.29. The van der Waals surface area contributed by atoms with E-state index in [9.17, 15) is 10.1 Å². The van der Waals surface area contributed by atoms with Crippen molar-refractivity contribution in [3.63, 3.8) is 0 Å². The molecule has 2 atom stereocenters. The Bertz CT molecular complexity index is 623. The van der Waals surface area contributed by atoms with Crippen molar-refractivity contribution in [2.45, 2.75) is 32.2 Å². The summed E-state index contributed by atoms with van der Waals surface area (Å²) in [5.41, 5.74) is 1.10. The Morgan fingerprint density at radius 1 is 1.47 bits per heavy atom. The van der Waals surface area contributed by atoms with Gasteiger partial charge >= 0.3 is 0 Å². The highest BCUT2D eigenvalue weighted by molar-refractivity contribution is 5.77. The van der Waals surface area contributed by atoms with E-state index >= 15 is 0 Å². The van der Waals surface area contributed by atoms with Crippen molar-refractivity contribution in [2.75, 3.05) is 5.32 Å². The molecule has 1 heterocycles. The molecule has 0 bridgehead atoms. The van der Waals surface area contributed by atoms with Gasteiger partial charge in [0.1, 0.15) is 5.52 Å². The van der Waals surface area contributed by atoms with Gasteiger partial charge in [0.25, 0.3) is 11.7 Å². The number of benzene rings is 1. The maximum atomic E-state index is 10.7. The average Bonchev–Trinajstić information content (AvgIpc) is 2.95. The van der Waals surface area contributed by atoms with Crippen LogP contribution in [0.15, 0.2) is 22.6 Å². The molecule has 0 amide bonds. The average molecular weight is 261 g/mol. The number of fused-ring (bicyclic) bond motifs is 1. The number of hydrogen-bond acceptors (Lipinski definition) is 5. The topological polar surface area (TPSA) is 81.2 Å². The van der Waals surface area contributed by atoms with Gasteiger partial charge in [-0.25, -0.2) is 0 Å². The molecule has 1 aromatic heterocycles. The van der Waals surface area contributed by atoms with Gasteiger partial charge in [-0.1, -0.05) is 13.3 Å². The molecule has 1 fully saturated rings. The van der Waals surface area contributed by atoms with E-state index in [1.807, 2.05) is 0 Å². The van der Waals surface area contributed by atoms with E-state index < -0.39 is 4.92 Å². The second-order valence-corrected chi connectivity index (χ2v) is 5.09. The van der Waals surface area contributed by atoms with Crippen molar-refractivity contribution in [3.8, 4) is 0 Å². The summed E-state index contributed by atoms with van der Waals surface area (Å²) in [5.74, 6) is 0.601. The minimum Gasteiger partial charge on any atom is -0.423 e. The standard InChI is InChI=1S/C13H15N3O3/c1-8-3-2-4-10(8)14-13-15-11-6-5-9(16(17)18)7-12(11)19-13/h5-8,10H,2-4H2,1H3,(H,14,15). The van der Waals surface area contributed by atoms with Crippen molar-refractivity contribution in [2.24, 2.45) is 5.92 Å². The largest absolute Gasteiger partial charge is 0.423 e. The van der Waals surface area contributed by atoms with Gasteiger partial charge in [0, 0.05) is 12.1 Å². The quantitative estimate of drug-likeness (QED) is 0.677. The molecule has 0 saturated heterocycles. The summed E-state index contributed by atoms with van der Waals surface area (Å²) in [5, 5.41) is 14.0. The number of aromatic nitrogens is 1. The number of hydrogen-bond donors (Lipinski definition) is 1. The third-order valence-electron chi connectivity index (χ3n) is 3.75. The number of oxazole rings is 1. The number of nitrogens with zero attached hydrogens (tertiary/aromatic N) is 2. The minimum atomic E-state index is -0.436. The van der Waals surface area contributed by atoms with E-state index in [0.29, 0.717) is 29.1 Å². The van der Waals surface area contributed by atoms with Crippen LogP contribution in [0.2, 0.25) is 0 Å². The van der Waals surface area contributed by atoms with Crippen LogP contribution in [0, 0.1) is 16.0 Å². The molecular formula is C13H15N3O3. The monoisotopic (exact) mass is 261 g/mol. The first-order valence-electron chi connectivity index (χ1n) is 6.45. The SMILES string of the molecule is CC1CCCC1Nc1nc2ccc([N+](=O)[O-])cc2o1. The number of non-ortho nitro benzene ring substituents is 1. The van der Waals surface area contributed by atoms with E-state index in [1.165, 1.54) is 25.0 Å². The molecule has 0 aliphatic heterocycles. The molecule has 0 radical (unpaired) electrons. The molecule has 100 valence electrons. The fraction of sp³-hybridized carbons (Fsp3) is 0.462. The number of rotatable bonds is 3. The molecule has 1 N–H and O–H groups in total. The Labute approximate surface area is 110 Å². The van der Waals surface area contributed by atoms with Gasteiger partial charge in [0.2, 0.25) is 0 Å². The maximum absolute atomic E-state index is 10.7. The van der Waals surface area contributed by atoms with Crippen molar-refractivity contribution in [1.29, 1.82) is 0 Å². The van der Waals surface area contributed by atoms with Crippen molar-refractivity contribution in [1.82, 2.24) is 4.98 Å². The zero-order chi connectivity index (χ0) is 13.4. The maximum Gasteiger partial charge on any atom is 0.295 e. The summed E-state index contributed by atoms with van der Waals surface area (Å²) >= 11 is 0. The van der Waals surface area contributed by atoms with E-state index in [-0.39, 0.29) is 5.69 Å². The van der Waals surface area contributed by atoms with E-state index in [1.54, 1.807) is 6.07 Å². The lowest BCUT2D eigenvalue weighted by Gasteiger charge is -2.14. The van der Waals surface area contributed by atoms with E-state index in [0.717, 1.165) is 6.42 Å². The fourth-order valence-corrected chi connectivity index (χ4v) is 2.61. The lowest BCUT2D eigenvalue weighted by Crippen LogP contribution is -2.21. The molecule has 3 rings (SSSR count). The predicted molar refractivity (Wildman–Crippen MR) is 71.1 cm³/mol. The van der Waals surface area contributed by atoms with Crippen LogP contribution in [0.25, 0.3) is 11.1 Å². The Morgan fingerprint density at radius 3 is 3.00 bits per heavy atom. The van der Waals surface area contributed by atoms with Crippen LogP contribution in [0.1, 0.15) is 26.2 Å². The number of nitrogens with one attached hydrogen (secondary N) is 1. The number of anilines is 1. The van der Waals surface area contributed by atoms with E-state index in [2.05, 4.69) is 17.2 Å². The van der Waals surface area contributed by atoms with E-state index in [4.69, 9.17) is 4.42 Å². The second-order valence-electron chi connectivity index (χ2n) is 5.09. The highest BCUT2D eigenvalue weighted by Gasteiger charge is 2.24. The highest BCUT2D eigenvalue weighted by Crippen LogP contribution is 2.29. The van der Waals surface area contributed by atoms with Gasteiger partial charge in [-0.15, -0.1) is 0 Å². The Hall–Kier alpha value is -2.11. The van der Waals surface area contributed by atoms with Crippen molar-refractivity contribution >= 4 is 22.8 Å². The molecule has 2 unspecified atom stereocenters. The highest BCUT2D eigenvalue weighted by atomic mass is 16.6. The predicted octanol–water partition coefficient (Wildman–Crippen LogP) is 3.34. The molecule has 1 saturated carbocycles. The zero-order valence-corrected chi connectivity index (χ0v) is 10.6. The van der Waals surface area contributed by atoms with Crippen LogP contribution in [0.4, 0.5) is 11.7 Å². The molecule has 1 aliphatic carbocycles.